The van der Waals surface area contributed by atoms with Gasteiger partial charge in [-0.2, -0.15) is 0 Å². The molecule has 0 aliphatic rings. The van der Waals surface area contributed by atoms with Crippen LogP contribution in [0.15, 0.2) is 85.4 Å². The molecule has 3 rings (SSSR count). The summed E-state index contributed by atoms with van der Waals surface area (Å²) in [5.74, 6) is 0.668. The quantitative estimate of drug-likeness (QED) is 0.395. The molecule has 3 aromatic rings. The molecule has 0 unspecified atom stereocenters. The molecule has 31 heavy (non-hydrogen) atoms. The normalized spacial score (nSPS) is 10.2. The van der Waals surface area contributed by atoms with E-state index in [0.29, 0.717) is 33.5 Å². The molecule has 3 aromatic carbocycles. The van der Waals surface area contributed by atoms with E-state index in [1.165, 1.54) is 11.8 Å². The first-order valence-corrected chi connectivity index (χ1v) is 11.1. The van der Waals surface area contributed by atoms with E-state index in [1.807, 2.05) is 54.6 Å². The number of carbonyl (C=O) groups is 2. The van der Waals surface area contributed by atoms with Crippen molar-refractivity contribution < 1.29 is 9.59 Å². The first-order valence-electron chi connectivity index (χ1n) is 9.54. The van der Waals surface area contributed by atoms with Crippen molar-refractivity contribution in [2.75, 3.05) is 11.1 Å². The van der Waals surface area contributed by atoms with Gasteiger partial charge in [-0.3, -0.25) is 20.4 Å². The van der Waals surface area contributed by atoms with Crippen LogP contribution in [0.5, 0.6) is 0 Å². The topological polar surface area (TPSA) is 70.2 Å². The highest BCUT2D eigenvalue weighted by molar-refractivity contribution is 7.99. The second kappa shape index (κ2) is 11.2. The Morgan fingerprint density at radius 1 is 0.871 bits per heavy atom. The molecule has 3 N–H and O–H groups in total. The average molecular weight is 452 g/mol. The van der Waals surface area contributed by atoms with Gasteiger partial charge in [0.05, 0.1) is 11.4 Å². The van der Waals surface area contributed by atoms with Gasteiger partial charge >= 0.3 is 0 Å². The second-order valence-corrected chi connectivity index (χ2v) is 8.09. The first-order chi connectivity index (χ1) is 15.0. The van der Waals surface area contributed by atoms with Gasteiger partial charge in [0.2, 0.25) is 5.91 Å². The third-order valence-corrected chi connectivity index (χ3v) is 5.53. The van der Waals surface area contributed by atoms with Crippen molar-refractivity contribution in [2.24, 2.45) is 0 Å². The first kappa shape index (κ1) is 22.5. The molecule has 0 bridgehead atoms. The maximum atomic E-state index is 12.3. The summed E-state index contributed by atoms with van der Waals surface area (Å²) in [6.45, 7) is 3.95. The van der Waals surface area contributed by atoms with Gasteiger partial charge in [-0.1, -0.05) is 60.6 Å². The molecule has 2 amide bonds. The largest absolute Gasteiger partial charge is 0.322 e. The summed E-state index contributed by atoms with van der Waals surface area (Å²) in [6.07, 6.45) is 0. The van der Waals surface area contributed by atoms with Crippen molar-refractivity contribution in [3.63, 3.8) is 0 Å². The molecule has 0 atom stereocenters. The Labute approximate surface area is 190 Å². The molecule has 158 valence electrons. The van der Waals surface area contributed by atoms with Gasteiger partial charge in [0.25, 0.3) is 5.91 Å². The van der Waals surface area contributed by atoms with E-state index >= 15 is 0 Å². The van der Waals surface area contributed by atoms with Gasteiger partial charge in [0.15, 0.2) is 0 Å². The molecule has 0 aliphatic carbocycles. The van der Waals surface area contributed by atoms with Crippen LogP contribution in [0.3, 0.4) is 0 Å². The number of nitrogens with one attached hydrogen (secondary N) is 3. The molecule has 0 heterocycles. The number of hydrogen-bond acceptors (Lipinski definition) is 4. The lowest BCUT2D eigenvalue weighted by Gasteiger charge is -2.13. The van der Waals surface area contributed by atoms with Gasteiger partial charge in [-0.05, 0) is 42.0 Å². The number of halogens is 1. The van der Waals surface area contributed by atoms with Crippen LogP contribution in [0.4, 0.5) is 5.69 Å². The van der Waals surface area contributed by atoms with Crippen LogP contribution < -0.4 is 16.2 Å². The van der Waals surface area contributed by atoms with Crippen LogP contribution in [0.2, 0.25) is 5.02 Å². The number of anilines is 1. The molecule has 0 aliphatic heterocycles. The number of benzene rings is 3. The average Bonchev–Trinajstić information content (AvgIpc) is 2.79. The number of hydrogen-bond donors (Lipinski definition) is 3. The summed E-state index contributed by atoms with van der Waals surface area (Å²) in [6, 6.07) is 23.8. The minimum absolute atomic E-state index is 0.159. The predicted molar refractivity (Wildman–Crippen MR) is 129 cm³/mol. The zero-order valence-electron chi connectivity index (χ0n) is 16.7. The fourth-order valence-corrected chi connectivity index (χ4v) is 3.59. The Kier molecular flexibility index (Phi) is 8.15. The van der Waals surface area contributed by atoms with Crippen molar-refractivity contribution in [3.8, 4) is 0 Å². The van der Waals surface area contributed by atoms with E-state index in [0.717, 1.165) is 11.1 Å². The molecule has 0 aromatic heterocycles. The maximum absolute atomic E-state index is 12.3. The highest BCUT2D eigenvalue weighted by Crippen LogP contribution is 2.17. The van der Waals surface area contributed by atoms with E-state index in [-0.39, 0.29) is 11.8 Å². The lowest BCUT2D eigenvalue weighted by atomic mass is 10.1. The van der Waals surface area contributed by atoms with Gasteiger partial charge < -0.3 is 5.32 Å². The summed E-state index contributed by atoms with van der Waals surface area (Å²) in [5, 5.41) is 3.55. The number of carbonyl (C=O) groups excluding carboxylic acids is 2. The molecular weight excluding hydrogens is 430 g/mol. The number of hydrazine groups is 1. The summed E-state index contributed by atoms with van der Waals surface area (Å²) in [4.78, 5) is 24.4. The molecule has 0 radical (unpaired) electrons. The van der Waals surface area contributed by atoms with Crippen molar-refractivity contribution >= 4 is 46.6 Å². The molecular formula is C24H22ClN3O2S. The zero-order valence-corrected chi connectivity index (χ0v) is 18.3. The molecule has 0 saturated carbocycles. The van der Waals surface area contributed by atoms with E-state index in [2.05, 4.69) is 22.7 Å². The van der Waals surface area contributed by atoms with Gasteiger partial charge in [-0.15, -0.1) is 11.8 Å². The molecule has 0 saturated heterocycles. The highest BCUT2D eigenvalue weighted by atomic mass is 35.5. The lowest BCUT2D eigenvalue weighted by molar-refractivity contribution is -0.119. The van der Waals surface area contributed by atoms with Crippen LogP contribution >= 0.6 is 23.4 Å². The minimum atomic E-state index is -0.192. The Hall–Kier alpha value is -3.22. The SMILES string of the molecule is C=C(NNC(=O)CSCc1ccc(Cl)cc1)c1cccc(NC(=O)c2ccccc2)c1. The van der Waals surface area contributed by atoms with Crippen molar-refractivity contribution in [1.29, 1.82) is 0 Å². The van der Waals surface area contributed by atoms with Crippen molar-refractivity contribution in [2.45, 2.75) is 5.75 Å². The summed E-state index contributed by atoms with van der Waals surface area (Å²) >= 11 is 7.37. The third-order valence-electron chi connectivity index (χ3n) is 4.27. The van der Waals surface area contributed by atoms with Crippen LogP contribution in [-0.4, -0.2) is 17.6 Å². The molecule has 5 nitrogen and oxygen atoms in total. The Morgan fingerprint density at radius 2 is 1.58 bits per heavy atom. The highest BCUT2D eigenvalue weighted by Gasteiger charge is 2.07. The molecule has 7 heteroatoms. The maximum Gasteiger partial charge on any atom is 0.255 e. The standard InChI is InChI=1S/C24H22ClN3O2S/c1-17(27-28-23(29)16-31-15-18-10-12-21(25)13-11-18)20-8-5-9-22(14-20)26-24(30)19-6-3-2-4-7-19/h2-14,27H,1,15-16H2,(H,26,30)(H,28,29). The van der Waals surface area contributed by atoms with Crippen LogP contribution in [0, 0.1) is 0 Å². The number of rotatable bonds is 9. The predicted octanol–water partition coefficient (Wildman–Crippen LogP) is 5.12. The molecule has 0 fully saturated rings. The summed E-state index contributed by atoms with van der Waals surface area (Å²) in [5.41, 5.74) is 9.07. The van der Waals surface area contributed by atoms with Crippen LogP contribution in [-0.2, 0) is 10.5 Å². The van der Waals surface area contributed by atoms with Gasteiger partial charge in [-0.25, -0.2) is 0 Å². The smallest absolute Gasteiger partial charge is 0.255 e. The number of thioether (sulfide) groups is 1. The minimum Gasteiger partial charge on any atom is -0.322 e. The summed E-state index contributed by atoms with van der Waals surface area (Å²) < 4.78 is 0. The second-order valence-electron chi connectivity index (χ2n) is 6.67. The van der Waals surface area contributed by atoms with E-state index in [4.69, 9.17) is 11.6 Å². The van der Waals surface area contributed by atoms with E-state index in [1.54, 1.807) is 24.3 Å². The lowest BCUT2D eigenvalue weighted by Crippen LogP contribution is -2.37. The third kappa shape index (κ3) is 7.20. The molecule has 0 spiro atoms. The van der Waals surface area contributed by atoms with E-state index < -0.39 is 0 Å². The zero-order chi connectivity index (χ0) is 22.1. The van der Waals surface area contributed by atoms with Crippen molar-refractivity contribution in [3.05, 3.63) is 107 Å². The Bertz CT molecular complexity index is 1060. The summed E-state index contributed by atoms with van der Waals surface area (Å²) in [7, 11) is 0. The van der Waals surface area contributed by atoms with Crippen LogP contribution in [0.25, 0.3) is 5.70 Å². The number of amides is 2. The fourth-order valence-electron chi connectivity index (χ4n) is 2.67. The van der Waals surface area contributed by atoms with E-state index in [9.17, 15) is 9.59 Å². The Morgan fingerprint density at radius 3 is 2.32 bits per heavy atom. The van der Waals surface area contributed by atoms with Crippen LogP contribution in [0.1, 0.15) is 21.5 Å². The van der Waals surface area contributed by atoms with Gasteiger partial charge in [0.1, 0.15) is 0 Å². The van der Waals surface area contributed by atoms with Gasteiger partial charge in [0, 0.05) is 27.6 Å². The fraction of sp³-hybridized carbons (Fsp3) is 0.0833. The van der Waals surface area contributed by atoms with Crippen molar-refractivity contribution in [1.82, 2.24) is 10.9 Å². The Balaban J connectivity index is 1.45. The monoisotopic (exact) mass is 451 g/mol.